The van der Waals surface area contributed by atoms with Crippen molar-refractivity contribution in [2.45, 2.75) is 43.0 Å². The average molecular weight is 269 g/mol. The molecule has 0 aliphatic heterocycles. The van der Waals surface area contributed by atoms with Gasteiger partial charge >= 0.3 is 0 Å². The summed E-state index contributed by atoms with van der Waals surface area (Å²) in [6.07, 6.45) is 6.08. The van der Waals surface area contributed by atoms with E-state index in [1.165, 1.54) is 31.4 Å². The zero-order chi connectivity index (χ0) is 13.0. The summed E-state index contributed by atoms with van der Waals surface area (Å²) in [6.45, 7) is 0. The van der Waals surface area contributed by atoms with Crippen molar-refractivity contribution < 1.29 is 8.60 Å². The number of benzene rings is 1. The largest absolute Gasteiger partial charge is 0.327 e. The quantitative estimate of drug-likeness (QED) is 0.913. The summed E-state index contributed by atoms with van der Waals surface area (Å²) in [5.41, 5.74) is 6.15. The SMILES string of the molecule is NC(CS(=O)c1ccc(F)cc1)C1CCCCC1. The van der Waals surface area contributed by atoms with Crippen LogP contribution >= 0.6 is 0 Å². The summed E-state index contributed by atoms with van der Waals surface area (Å²) in [4.78, 5) is 0.669. The highest BCUT2D eigenvalue weighted by molar-refractivity contribution is 7.85. The van der Waals surface area contributed by atoms with Gasteiger partial charge in [-0.05, 0) is 43.0 Å². The first-order valence-corrected chi connectivity index (χ1v) is 7.88. The maximum atomic E-state index is 12.8. The molecule has 2 rings (SSSR count). The third-order valence-electron chi connectivity index (χ3n) is 3.68. The van der Waals surface area contributed by atoms with Crippen LogP contribution in [-0.4, -0.2) is 16.0 Å². The smallest absolute Gasteiger partial charge is 0.123 e. The molecule has 1 aliphatic carbocycles. The molecule has 1 aliphatic rings. The van der Waals surface area contributed by atoms with Crippen LogP contribution in [0.25, 0.3) is 0 Å². The topological polar surface area (TPSA) is 43.1 Å². The van der Waals surface area contributed by atoms with E-state index >= 15 is 0 Å². The van der Waals surface area contributed by atoms with Crippen molar-refractivity contribution in [3.63, 3.8) is 0 Å². The van der Waals surface area contributed by atoms with Crippen LogP contribution < -0.4 is 5.73 Å². The first-order valence-electron chi connectivity index (χ1n) is 6.56. The summed E-state index contributed by atoms with van der Waals surface area (Å²) in [5.74, 6) is 0.687. The van der Waals surface area contributed by atoms with Crippen molar-refractivity contribution in [2.75, 3.05) is 5.75 Å². The molecule has 2 atom stereocenters. The molecule has 100 valence electrons. The Bertz CT molecular complexity index is 401. The van der Waals surface area contributed by atoms with Crippen molar-refractivity contribution in [3.05, 3.63) is 30.1 Å². The van der Waals surface area contributed by atoms with E-state index in [2.05, 4.69) is 0 Å². The molecule has 0 radical (unpaired) electrons. The van der Waals surface area contributed by atoms with Crippen LogP contribution in [0.2, 0.25) is 0 Å². The molecule has 0 spiro atoms. The Labute approximate surface area is 110 Å². The summed E-state index contributed by atoms with van der Waals surface area (Å²) in [6, 6.07) is 5.85. The summed E-state index contributed by atoms with van der Waals surface area (Å²) >= 11 is 0. The van der Waals surface area contributed by atoms with Gasteiger partial charge < -0.3 is 5.73 Å². The minimum absolute atomic E-state index is 0.00353. The maximum absolute atomic E-state index is 12.8. The Morgan fingerprint density at radius 3 is 2.44 bits per heavy atom. The zero-order valence-electron chi connectivity index (χ0n) is 10.5. The molecule has 2 nitrogen and oxygen atoms in total. The Kier molecular flexibility index (Phi) is 4.89. The fourth-order valence-electron chi connectivity index (χ4n) is 2.56. The lowest BCUT2D eigenvalue weighted by molar-refractivity contribution is 0.318. The van der Waals surface area contributed by atoms with E-state index in [1.54, 1.807) is 12.1 Å². The molecule has 4 heteroatoms. The molecule has 1 saturated carbocycles. The van der Waals surface area contributed by atoms with Gasteiger partial charge in [0.1, 0.15) is 5.82 Å². The van der Waals surface area contributed by atoms with E-state index in [4.69, 9.17) is 5.73 Å². The van der Waals surface area contributed by atoms with E-state index in [1.807, 2.05) is 0 Å². The van der Waals surface area contributed by atoms with E-state index in [0.717, 1.165) is 12.8 Å². The average Bonchev–Trinajstić information content (AvgIpc) is 2.40. The third-order valence-corrected chi connectivity index (χ3v) is 5.16. The molecule has 2 N–H and O–H groups in total. The second-order valence-corrected chi connectivity index (χ2v) is 6.52. The highest BCUT2D eigenvalue weighted by Crippen LogP contribution is 2.26. The molecule has 0 saturated heterocycles. The van der Waals surface area contributed by atoms with E-state index in [0.29, 0.717) is 16.6 Å². The molecule has 2 unspecified atom stereocenters. The van der Waals surface area contributed by atoms with Crippen molar-refractivity contribution in [3.8, 4) is 0 Å². The number of halogens is 1. The van der Waals surface area contributed by atoms with Crippen LogP contribution in [0.15, 0.2) is 29.2 Å². The van der Waals surface area contributed by atoms with E-state index in [-0.39, 0.29) is 11.9 Å². The van der Waals surface area contributed by atoms with Gasteiger partial charge in [0.05, 0.1) is 10.8 Å². The van der Waals surface area contributed by atoms with Crippen molar-refractivity contribution >= 4 is 10.8 Å². The van der Waals surface area contributed by atoms with Crippen LogP contribution in [0.1, 0.15) is 32.1 Å². The van der Waals surface area contributed by atoms with Crippen LogP contribution in [0.5, 0.6) is 0 Å². The molecule has 0 amide bonds. The summed E-state index contributed by atoms with van der Waals surface area (Å²) < 4.78 is 24.9. The highest BCUT2D eigenvalue weighted by Gasteiger charge is 2.22. The molecular formula is C14H20FNOS. The molecule has 1 fully saturated rings. The second-order valence-electron chi connectivity index (χ2n) is 5.03. The lowest BCUT2D eigenvalue weighted by atomic mass is 9.85. The summed E-state index contributed by atoms with van der Waals surface area (Å²) in [5, 5.41) is 0. The van der Waals surface area contributed by atoms with Crippen LogP contribution in [0.3, 0.4) is 0 Å². The lowest BCUT2D eigenvalue weighted by Crippen LogP contribution is -2.36. The Morgan fingerprint density at radius 1 is 1.22 bits per heavy atom. The number of rotatable bonds is 4. The van der Waals surface area contributed by atoms with Crippen molar-refractivity contribution in [2.24, 2.45) is 11.7 Å². The molecular weight excluding hydrogens is 249 g/mol. The number of nitrogens with two attached hydrogens (primary N) is 1. The third kappa shape index (κ3) is 3.62. The van der Waals surface area contributed by atoms with Crippen LogP contribution in [0.4, 0.5) is 4.39 Å². The van der Waals surface area contributed by atoms with E-state index in [9.17, 15) is 8.60 Å². The van der Waals surface area contributed by atoms with Crippen LogP contribution in [-0.2, 0) is 10.8 Å². The van der Waals surface area contributed by atoms with Crippen molar-refractivity contribution in [1.82, 2.24) is 0 Å². The van der Waals surface area contributed by atoms with E-state index < -0.39 is 10.8 Å². The maximum Gasteiger partial charge on any atom is 0.123 e. The second kappa shape index (κ2) is 6.43. The predicted molar refractivity (Wildman–Crippen MR) is 72.2 cm³/mol. The van der Waals surface area contributed by atoms with Crippen molar-refractivity contribution in [1.29, 1.82) is 0 Å². The Morgan fingerprint density at radius 2 is 1.83 bits per heavy atom. The minimum atomic E-state index is -1.12. The molecule has 0 bridgehead atoms. The van der Waals surface area contributed by atoms with Gasteiger partial charge in [-0.25, -0.2) is 4.39 Å². The van der Waals surface area contributed by atoms with Gasteiger partial charge in [-0.2, -0.15) is 0 Å². The molecule has 18 heavy (non-hydrogen) atoms. The number of hydrogen-bond donors (Lipinski definition) is 1. The first kappa shape index (κ1) is 13.7. The Balaban J connectivity index is 1.91. The number of hydrogen-bond acceptors (Lipinski definition) is 2. The highest BCUT2D eigenvalue weighted by atomic mass is 32.2. The Hall–Kier alpha value is -0.740. The first-order chi connectivity index (χ1) is 8.66. The van der Waals surface area contributed by atoms with Crippen LogP contribution in [0, 0.1) is 11.7 Å². The fraction of sp³-hybridized carbons (Fsp3) is 0.571. The van der Waals surface area contributed by atoms with Gasteiger partial charge in [0, 0.05) is 16.7 Å². The fourth-order valence-corrected chi connectivity index (χ4v) is 3.81. The molecule has 0 heterocycles. The van der Waals surface area contributed by atoms with Gasteiger partial charge in [-0.3, -0.25) is 4.21 Å². The standard InChI is InChI=1S/C14H20FNOS/c15-12-6-8-13(9-7-12)18(17)10-14(16)11-4-2-1-3-5-11/h6-9,11,14H,1-5,10,16H2. The molecule has 1 aromatic carbocycles. The van der Waals surface area contributed by atoms with Gasteiger partial charge in [0.2, 0.25) is 0 Å². The normalized spacial score (nSPS) is 20.6. The van der Waals surface area contributed by atoms with Gasteiger partial charge in [-0.1, -0.05) is 19.3 Å². The summed E-state index contributed by atoms with van der Waals surface area (Å²) in [7, 11) is -1.12. The van der Waals surface area contributed by atoms with Gasteiger partial charge in [0.25, 0.3) is 0 Å². The molecule has 0 aromatic heterocycles. The lowest BCUT2D eigenvalue weighted by Gasteiger charge is -2.27. The minimum Gasteiger partial charge on any atom is -0.327 e. The zero-order valence-corrected chi connectivity index (χ0v) is 11.3. The van der Waals surface area contributed by atoms with Gasteiger partial charge in [0.15, 0.2) is 0 Å². The monoisotopic (exact) mass is 269 g/mol. The van der Waals surface area contributed by atoms with Gasteiger partial charge in [-0.15, -0.1) is 0 Å². The predicted octanol–water partition coefficient (Wildman–Crippen LogP) is 2.84. The molecule has 1 aromatic rings.